The number of fused-ring (bicyclic) bond motifs is 4. The Labute approximate surface area is 135 Å². The van der Waals surface area contributed by atoms with Gasteiger partial charge < -0.3 is 15.5 Å². The number of thiol groups is 1. The SMILES string of the molecule is O=C(NC1CC2CCC(C1)N2)C1CCC2CN1C(=O)N2OS. The molecular weight excluding hydrogens is 304 g/mol. The zero-order valence-electron chi connectivity index (χ0n) is 12.4. The second-order valence-electron chi connectivity index (χ2n) is 6.90. The number of nitrogens with zero attached hydrogens (tertiary/aromatic N) is 2. The number of hydroxylamine groups is 2. The average molecular weight is 326 g/mol. The van der Waals surface area contributed by atoms with E-state index in [0.717, 1.165) is 19.3 Å². The summed E-state index contributed by atoms with van der Waals surface area (Å²) in [6.07, 6.45) is 5.88. The minimum Gasteiger partial charge on any atom is -0.351 e. The lowest BCUT2D eigenvalue weighted by Gasteiger charge is -2.34. The second-order valence-corrected chi connectivity index (χ2v) is 7.07. The number of urea groups is 1. The van der Waals surface area contributed by atoms with E-state index < -0.39 is 0 Å². The Balaban J connectivity index is 1.40. The van der Waals surface area contributed by atoms with Gasteiger partial charge in [0.25, 0.3) is 0 Å². The Morgan fingerprint density at radius 3 is 2.64 bits per heavy atom. The summed E-state index contributed by atoms with van der Waals surface area (Å²) < 4.78 is 4.85. The Hall–Kier alpha value is -0.990. The molecule has 4 rings (SSSR count). The smallest absolute Gasteiger partial charge is 0.345 e. The van der Waals surface area contributed by atoms with Gasteiger partial charge in [-0.1, -0.05) is 0 Å². The third-order valence-electron chi connectivity index (χ3n) is 5.53. The Morgan fingerprint density at radius 2 is 1.95 bits per heavy atom. The molecule has 4 fully saturated rings. The summed E-state index contributed by atoms with van der Waals surface area (Å²) in [5.41, 5.74) is 0. The number of amides is 3. The van der Waals surface area contributed by atoms with Crippen LogP contribution < -0.4 is 10.6 Å². The summed E-state index contributed by atoms with van der Waals surface area (Å²) in [6, 6.07) is 0.720. The van der Waals surface area contributed by atoms with Gasteiger partial charge in [0, 0.05) is 37.6 Å². The number of carbonyl (C=O) groups is 2. The lowest BCUT2D eigenvalue weighted by molar-refractivity contribution is -0.127. The molecule has 2 N–H and O–H groups in total. The molecule has 22 heavy (non-hydrogen) atoms. The molecule has 7 nitrogen and oxygen atoms in total. The van der Waals surface area contributed by atoms with Crippen molar-refractivity contribution in [2.24, 2.45) is 0 Å². The van der Waals surface area contributed by atoms with Gasteiger partial charge >= 0.3 is 6.03 Å². The van der Waals surface area contributed by atoms with Crippen LogP contribution >= 0.6 is 12.9 Å². The number of piperidine rings is 2. The van der Waals surface area contributed by atoms with Crippen LogP contribution in [0.2, 0.25) is 0 Å². The largest absolute Gasteiger partial charge is 0.351 e. The summed E-state index contributed by atoms with van der Waals surface area (Å²) in [7, 11) is 0. The van der Waals surface area contributed by atoms with Gasteiger partial charge in [-0.15, -0.1) is 0 Å². The fourth-order valence-electron chi connectivity index (χ4n) is 4.48. The average Bonchev–Trinajstić information content (AvgIpc) is 2.97. The van der Waals surface area contributed by atoms with Gasteiger partial charge in [0.1, 0.15) is 6.04 Å². The fraction of sp³-hybridized carbons (Fsp3) is 0.857. The highest BCUT2D eigenvalue weighted by Gasteiger charge is 2.48. The Bertz CT molecular complexity index is 479. The van der Waals surface area contributed by atoms with Crippen LogP contribution in [-0.4, -0.2) is 58.7 Å². The summed E-state index contributed by atoms with van der Waals surface area (Å²) in [4.78, 5) is 26.5. The van der Waals surface area contributed by atoms with Crippen LogP contribution in [0, 0.1) is 0 Å². The van der Waals surface area contributed by atoms with Crippen molar-refractivity contribution in [3.63, 3.8) is 0 Å². The molecule has 4 atom stereocenters. The number of carbonyl (C=O) groups excluding carboxylic acids is 2. The molecule has 0 aromatic carbocycles. The molecule has 0 saturated carbocycles. The lowest BCUT2D eigenvalue weighted by atomic mass is 9.97. The normalized spacial score (nSPS) is 40.2. The molecule has 4 bridgehead atoms. The zero-order chi connectivity index (χ0) is 15.3. The summed E-state index contributed by atoms with van der Waals surface area (Å²) in [5.74, 6) is -0.0147. The Kier molecular flexibility index (Phi) is 3.70. The summed E-state index contributed by atoms with van der Waals surface area (Å²) >= 11 is 3.74. The molecule has 4 unspecified atom stereocenters. The van der Waals surface area contributed by atoms with Crippen molar-refractivity contribution in [1.82, 2.24) is 20.6 Å². The third kappa shape index (κ3) is 2.37. The first kappa shape index (κ1) is 14.6. The fourth-order valence-corrected chi connectivity index (χ4v) is 4.69. The molecule has 0 aromatic heterocycles. The van der Waals surface area contributed by atoms with E-state index in [1.54, 1.807) is 4.90 Å². The van der Waals surface area contributed by atoms with Crippen LogP contribution in [0.3, 0.4) is 0 Å². The summed E-state index contributed by atoms with van der Waals surface area (Å²) in [5, 5.41) is 8.03. The van der Waals surface area contributed by atoms with E-state index in [0.29, 0.717) is 25.0 Å². The maximum atomic E-state index is 12.6. The molecule has 3 amide bonds. The number of nitrogens with one attached hydrogen (secondary N) is 2. The van der Waals surface area contributed by atoms with Gasteiger partial charge in [0.15, 0.2) is 0 Å². The van der Waals surface area contributed by atoms with Crippen LogP contribution in [-0.2, 0) is 9.08 Å². The molecule has 0 spiro atoms. The monoisotopic (exact) mass is 326 g/mol. The van der Waals surface area contributed by atoms with Gasteiger partial charge in [-0.3, -0.25) is 4.79 Å². The van der Waals surface area contributed by atoms with Crippen molar-refractivity contribution in [2.45, 2.75) is 68.7 Å². The first-order valence-electron chi connectivity index (χ1n) is 8.13. The highest BCUT2D eigenvalue weighted by molar-refractivity contribution is 7.75. The van der Waals surface area contributed by atoms with Gasteiger partial charge in [0.2, 0.25) is 5.91 Å². The molecule has 0 radical (unpaired) electrons. The molecule has 122 valence electrons. The molecule has 4 saturated heterocycles. The van der Waals surface area contributed by atoms with E-state index in [1.165, 1.54) is 17.9 Å². The van der Waals surface area contributed by atoms with E-state index in [9.17, 15) is 9.59 Å². The van der Waals surface area contributed by atoms with Crippen LogP contribution in [0.15, 0.2) is 0 Å². The van der Waals surface area contributed by atoms with Crippen molar-refractivity contribution >= 4 is 24.8 Å². The van der Waals surface area contributed by atoms with Crippen LogP contribution in [0.1, 0.15) is 38.5 Å². The second kappa shape index (κ2) is 5.58. The van der Waals surface area contributed by atoms with Crippen molar-refractivity contribution in [3.05, 3.63) is 0 Å². The Morgan fingerprint density at radius 1 is 1.23 bits per heavy atom. The first-order chi connectivity index (χ1) is 10.7. The van der Waals surface area contributed by atoms with Gasteiger partial charge in [-0.05, 0) is 38.5 Å². The first-order valence-corrected chi connectivity index (χ1v) is 8.50. The minimum atomic E-state index is -0.371. The zero-order valence-corrected chi connectivity index (χ0v) is 13.3. The number of rotatable bonds is 3. The van der Waals surface area contributed by atoms with Crippen LogP contribution in [0.4, 0.5) is 4.79 Å². The van der Waals surface area contributed by atoms with Gasteiger partial charge in [-0.2, -0.15) is 5.06 Å². The predicted octanol–water partition coefficient (Wildman–Crippen LogP) is 0.431. The van der Waals surface area contributed by atoms with E-state index in [1.807, 2.05) is 0 Å². The van der Waals surface area contributed by atoms with Gasteiger partial charge in [-0.25, -0.2) is 9.08 Å². The van der Waals surface area contributed by atoms with E-state index in [4.69, 9.17) is 4.28 Å². The van der Waals surface area contributed by atoms with E-state index in [-0.39, 0.29) is 30.1 Å². The molecule has 8 heteroatoms. The van der Waals surface area contributed by atoms with Crippen molar-refractivity contribution in [3.8, 4) is 0 Å². The third-order valence-corrected chi connectivity index (χ3v) is 5.71. The summed E-state index contributed by atoms with van der Waals surface area (Å²) in [6.45, 7) is 0.551. The molecule has 0 aliphatic carbocycles. The minimum absolute atomic E-state index is 0.0147. The molecule has 4 heterocycles. The highest BCUT2D eigenvalue weighted by Crippen LogP contribution is 2.31. The van der Waals surface area contributed by atoms with Crippen molar-refractivity contribution < 1.29 is 13.9 Å². The standard InChI is InChI=1S/C14H22N4O3S/c19-13(16-10-5-8-1-2-9(6-10)15-8)12-4-3-11-7-17(12)14(20)18(11)21-22/h8-12,15,22H,1-7H2,(H,16,19). The van der Waals surface area contributed by atoms with E-state index in [2.05, 4.69) is 23.5 Å². The van der Waals surface area contributed by atoms with Crippen LogP contribution in [0.5, 0.6) is 0 Å². The van der Waals surface area contributed by atoms with Crippen molar-refractivity contribution in [2.75, 3.05) is 6.54 Å². The highest BCUT2D eigenvalue weighted by atomic mass is 32.1. The number of hydrogen-bond donors (Lipinski definition) is 3. The van der Waals surface area contributed by atoms with Crippen LogP contribution in [0.25, 0.3) is 0 Å². The number of hydrogen-bond acceptors (Lipinski definition) is 5. The van der Waals surface area contributed by atoms with E-state index >= 15 is 0 Å². The van der Waals surface area contributed by atoms with Gasteiger partial charge in [0.05, 0.1) is 6.04 Å². The topological polar surface area (TPSA) is 73.9 Å². The quantitative estimate of drug-likeness (QED) is 0.519. The molecule has 4 aliphatic heterocycles. The molecular formula is C14H22N4O3S. The van der Waals surface area contributed by atoms with Crippen molar-refractivity contribution in [1.29, 1.82) is 0 Å². The maximum absolute atomic E-state index is 12.6. The predicted molar refractivity (Wildman–Crippen MR) is 81.9 cm³/mol. The molecule has 0 aromatic rings. The molecule has 4 aliphatic rings. The lowest BCUT2D eigenvalue weighted by Crippen LogP contribution is -2.55. The maximum Gasteiger partial charge on any atom is 0.345 e.